The highest BCUT2D eigenvalue weighted by Gasteiger charge is 2.11. The van der Waals surface area contributed by atoms with Crippen molar-refractivity contribution in [3.8, 4) is 0 Å². The maximum atomic E-state index is 12.2. The van der Waals surface area contributed by atoms with Gasteiger partial charge in [-0.15, -0.1) is 0 Å². The molecule has 2 nitrogen and oxygen atoms in total. The Balaban J connectivity index is 3.55. The zero-order valence-electron chi connectivity index (χ0n) is 7.06. The molecular weight excluding hydrogens is 165 g/mol. The summed E-state index contributed by atoms with van der Waals surface area (Å²) in [6.45, 7) is 3.25. The largest absolute Gasteiger partial charge is 0.262 e. The summed E-state index contributed by atoms with van der Waals surface area (Å²) in [5.41, 5.74) is 2.13. The van der Waals surface area contributed by atoms with E-state index in [1.807, 2.05) is 13.8 Å². The van der Waals surface area contributed by atoms with Gasteiger partial charge in [-0.1, -0.05) is 19.9 Å². The number of hydrogen-bond acceptors (Lipinski definition) is 3. The molecule has 0 aromatic carbocycles. The predicted molar refractivity (Wildman–Crippen MR) is 46.6 cm³/mol. The van der Waals surface area contributed by atoms with E-state index in [9.17, 15) is 4.39 Å². The van der Waals surface area contributed by atoms with Crippen molar-refractivity contribution < 1.29 is 8.67 Å². The lowest BCUT2D eigenvalue weighted by Gasteiger charge is -2.13. The summed E-state index contributed by atoms with van der Waals surface area (Å²) in [7, 11) is 0. The zero-order valence-corrected chi connectivity index (χ0v) is 7.87. The third kappa shape index (κ3) is 6.19. The van der Waals surface area contributed by atoms with Crippen LogP contribution in [0, 0.1) is 5.41 Å². The quantitative estimate of drug-likeness (QED) is 0.397. The Hall–Kier alpha value is -0.220. The Bertz CT molecular complexity index is 128. The molecule has 0 spiro atoms. The van der Waals surface area contributed by atoms with Crippen LogP contribution in [0.25, 0.3) is 0 Å². The first kappa shape index (κ1) is 10.8. The third-order valence-corrected chi connectivity index (χ3v) is 1.34. The SMILES string of the molecule is CSONC=CC(C)(C)CF. The second kappa shape index (κ2) is 5.43. The highest BCUT2D eigenvalue weighted by atomic mass is 32.2. The summed E-state index contributed by atoms with van der Waals surface area (Å²) >= 11 is 1.20. The summed E-state index contributed by atoms with van der Waals surface area (Å²) < 4.78 is 16.9. The molecule has 0 aromatic rings. The number of alkyl halides is 1. The molecule has 66 valence electrons. The molecule has 0 aliphatic carbocycles. The fourth-order valence-electron chi connectivity index (χ4n) is 0.380. The summed E-state index contributed by atoms with van der Waals surface area (Å²) in [5, 5.41) is 0. The van der Waals surface area contributed by atoms with Crippen LogP contribution in [0.2, 0.25) is 0 Å². The fourth-order valence-corrected chi connectivity index (χ4v) is 0.532. The van der Waals surface area contributed by atoms with Gasteiger partial charge >= 0.3 is 0 Å². The van der Waals surface area contributed by atoms with Crippen molar-refractivity contribution in [3.63, 3.8) is 0 Å². The molecule has 0 aliphatic heterocycles. The van der Waals surface area contributed by atoms with Crippen molar-refractivity contribution in [1.82, 2.24) is 5.48 Å². The Morgan fingerprint density at radius 3 is 2.73 bits per heavy atom. The smallest absolute Gasteiger partial charge is 0.0980 e. The number of hydrogen-bond donors (Lipinski definition) is 1. The van der Waals surface area contributed by atoms with Crippen molar-refractivity contribution in [2.75, 3.05) is 12.9 Å². The van der Waals surface area contributed by atoms with Gasteiger partial charge in [0.15, 0.2) is 0 Å². The van der Waals surface area contributed by atoms with E-state index in [1.54, 1.807) is 18.5 Å². The van der Waals surface area contributed by atoms with Gasteiger partial charge in [-0.05, 0) is 0 Å². The van der Waals surface area contributed by atoms with Crippen LogP contribution in [0.4, 0.5) is 4.39 Å². The zero-order chi connectivity index (χ0) is 8.74. The molecule has 1 N–H and O–H groups in total. The topological polar surface area (TPSA) is 21.3 Å². The van der Waals surface area contributed by atoms with Gasteiger partial charge < -0.3 is 0 Å². The molecular formula is C7H14FNOS. The maximum Gasteiger partial charge on any atom is 0.0980 e. The first-order chi connectivity index (χ1) is 5.12. The standard InChI is InChI=1S/C7H14FNOS/c1-7(2,6-8)4-5-9-10-11-3/h4-5,9H,6H2,1-3H3. The number of allylic oxidation sites excluding steroid dienone is 1. The molecule has 11 heavy (non-hydrogen) atoms. The number of hydroxylamine groups is 1. The monoisotopic (exact) mass is 179 g/mol. The van der Waals surface area contributed by atoms with Crippen molar-refractivity contribution in [1.29, 1.82) is 0 Å². The summed E-state index contributed by atoms with van der Waals surface area (Å²) in [4.78, 5) is 0. The van der Waals surface area contributed by atoms with Gasteiger partial charge in [-0.2, -0.15) is 0 Å². The number of nitrogens with one attached hydrogen (secondary N) is 1. The van der Waals surface area contributed by atoms with Crippen LogP contribution in [0.15, 0.2) is 12.3 Å². The van der Waals surface area contributed by atoms with Gasteiger partial charge in [0.25, 0.3) is 0 Å². The molecule has 0 amide bonds. The molecule has 0 atom stereocenters. The van der Waals surface area contributed by atoms with Crippen LogP contribution in [0.5, 0.6) is 0 Å². The van der Waals surface area contributed by atoms with E-state index in [4.69, 9.17) is 4.28 Å². The molecule has 0 radical (unpaired) electrons. The summed E-state index contributed by atoms with van der Waals surface area (Å²) in [6, 6.07) is 0. The van der Waals surface area contributed by atoms with Crippen LogP contribution < -0.4 is 5.48 Å². The van der Waals surface area contributed by atoms with Crippen LogP contribution in [0.1, 0.15) is 13.8 Å². The Kier molecular flexibility index (Phi) is 5.32. The molecule has 0 heterocycles. The van der Waals surface area contributed by atoms with Crippen molar-refractivity contribution in [2.45, 2.75) is 13.8 Å². The minimum absolute atomic E-state index is 0.371. The molecule has 0 rings (SSSR count). The number of rotatable bonds is 5. The lowest BCUT2D eigenvalue weighted by atomic mass is 9.96. The molecule has 0 aromatic heterocycles. The Morgan fingerprint density at radius 1 is 1.64 bits per heavy atom. The van der Waals surface area contributed by atoms with Gasteiger partial charge in [0.1, 0.15) is 0 Å². The van der Waals surface area contributed by atoms with Crippen LogP contribution in [0.3, 0.4) is 0 Å². The Labute approximate surface area is 71.4 Å². The van der Waals surface area contributed by atoms with Crippen molar-refractivity contribution in [3.05, 3.63) is 12.3 Å². The lowest BCUT2D eigenvalue weighted by molar-refractivity contribution is 0.284. The van der Waals surface area contributed by atoms with Gasteiger partial charge in [0, 0.05) is 29.9 Å². The second-order valence-electron chi connectivity index (χ2n) is 2.82. The van der Waals surface area contributed by atoms with E-state index >= 15 is 0 Å². The molecule has 4 heteroatoms. The first-order valence-corrected chi connectivity index (χ1v) is 4.46. The molecule has 0 fully saturated rings. The highest BCUT2D eigenvalue weighted by Crippen LogP contribution is 2.16. The van der Waals surface area contributed by atoms with Crippen LogP contribution in [-0.4, -0.2) is 12.9 Å². The van der Waals surface area contributed by atoms with Gasteiger partial charge in [-0.25, -0.2) is 4.28 Å². The first-order valence-electron chi connectivity index (χ1n) is 3.31. The van der Waals surface area contributed by atoms with Crippen molar-refractivity contribution >= 4 is 12.0 Å². The summed E-state index contributed by atoms with van der Waals surface area (Å²) in [5.74, 6) is 0. The number of halogens is 1. The Morgan fingerprint density at radius 2 is 2.27 bits per heavy atom. The van der Waals surface area contributed by atoms with Gasteiger partial charge in [0.05, 0.1) is 6.67 Å². The van der Waals surface area contributed by atoms with E-state index in [1.165, 1.54) is 12.0 Å². The van der Waals surface area contributed by atoms with Gasteiger partial charge in [0.2, 0.25) is 0 Å². The normalized spacial score (nSPS) is 12.4. The van der Waals surface area contributed by atoms with E-state index in [0.29, 0.717) is 0 Å². The maximum absolute atomic E-state index is 12.2. The highest BCUT2D eigenvalue weighted by molar-refractivity contribution is 7.93. The van der Waals surface area contributed by atoms with E-state index in [-0.39, 0.29) is 6.67 Å². The second-order valence-corrected chi connectivity index (χ2v) is 3.32. The van der Waals surface area contributed by atoms with E-state index in [0.717, 1.165) is 0 Å². The van der Waals surface area contributed by atoms with Gasteiger partial charge in [-0.3, -0.25) is 9.87 Å². The third-order valence-electron chi connectivity index (χ3n) is 1.08. The molecule has 0 saturated carbocycles. The van der Waals surface area contributed by atoms with Crippen LogP contribution >= 0.6 is 12.0 Å². The molecule has 0 unspecified atom stereocenters. The van der Waals surface area contributed by atoms with Crippen molar-refractivity contribution in [2.24, 2.45) is 5.41 Å². The minimum Gasteiger partial charge on any atom is -0.262 e. The lowest BCUT2D eigenvalue weighted by Crippen LogP contribution is -2.11. The minimum atomic E-state index is -0.408. The van der Waals surface area contributed by atoms with E-state index in [2.05, 4.69) is 5.48 Å². The van der Waals surface area contributed by atoms with Crippen LogP contribution in [-0.2, 0) is 4.28 Å². The molecule has 0 bridgehead atoms. The fraction of sp³-hybridized carbons (Fsp3) is 0.714. The average molecular weight is 179 g/mol. The average Bonchev–Trinajstić information content (AvgIpc) is 1.99. The predicted octanol–water partition coefficient (Wildman–Crippen LogP) is 2.29. The molecule has 0 saturated heterocycles. The van der Waals surface area contributed by atoms with E-state index < -0.39 is 5.41 Å². The molecule has 0 aliphatic rings. The summed E-state index contributed by atoms with van der Waals surface area (Å²) in [6.07, 6.45) is 5.11.